The molecule has 2 amide bonds. The monoisotopic (exact) mass is 341 g/mol. The largest absolute Gasteiger partial charge is 0.383 e. The first-order valence-electron chi connectivity index (χ1n) is 7.84. The summed E-state index contributed by atoms with van der Waals surface area (Å²) in [6, 6.07) is 12.4. The van der Waals surface area contributed by atoms with E-state index in [1.54, 1.807) is 31.5 Å². The van der Waals surface area contributed by atoms with Crippen molar-refractivity contribution in [1.29, 1.82) is 0 Å². The molecular weight excluding hydrogens is 322 g/mol. The summed E-state index contributed by atoms with van der Waals surface area (Å²) in [5, 5.41) is 9.73. The van der Waals surface area contributed by atoms with Crippen molar-refractivity contribution in [2.75, 3.05) is 25.6 Å². The van der Waals surface area contributed by atoms with Crippen LogP contribution in [0.25, 0.3) is 5.65 Å². The van der Waals surface area contributed by atoms with E-state index in [0.29, 0.717) is 31.0 Å². The van der Waals surface area contributed by atoms with Gasteiger partial charge >= 0.3 is 11.7 Å². The van der Waals surface area contributed by atoms with Gasteiger partial charge in [0.25, 0.3) is 0 Å². The Kier molecular flexibility index (Phi) is 5.10. The molecule has 0 atom stereocenters. The molecule has 2 aromatic heterocycles. The number of carbonyl (C=O) groups is 1. The number of nitrogens with zero attached hydrogens (tertiary/aromatic N) is 3. The van der Waals surface area contributed by atoms with Crippen LogP contribution in [0.3, 0.4) is 0 Å². The van der Waals surface area contributed by atoms with Gasteiger partial charge in [-0.15, -0.1) is 5.10 Å². The minimum atomic E-state index is -0.306. The average molecular weight is 341 g/mol. The van der Waals surface area contributed by atoms with Gasteiger partial charge in [-0.05, 0) is 29.8 Å². The van der Waals surface area contributed by atoms with Crippen molar-refractivity contribution in [3.63, 3.8) is 0 Å². The summed E-state index contributed by atoms with van der Waals surface area (Å²) in [5.74, 6) is 0. The number of rotatable bonds is 6. The number of hydrogen-bond donors (Lipinski definition) is 2. The lowest BCUT2D eigenvalue weighted by atomic mass is 10.2. The fraction of sp³-hybridized carbons (Fsp3) is 0.235. The van der Waals surface area contributed by atoms with E-state index in [0.717, 1.165) is 5.56 Å². The number of nitrogens with one attached hydrogen (secondary N) is 2. The van der Waals surface area contributed by atoms with Crippen LogP contribution in [0.1, 0.15) is 5.56 Å². The molecule has 0 aliphatic heterocycles. The lowest BCUT2D eigenvalue weighted by Gasteiger charge is -2.08. The highest BCUT2D eigenvalue weighted by Gasteiger charge is 2.07. The van der Waals surface area contributed by atoms with Crippen molar-refractivity contribution in [2.24, 2.45) is 0 Å². The fourth-order valence-corrected chi connectivity index (χ4v) is 2.43. The van der Waals surface area contributed by atoms with Crippen LogP contribution in [0.2, 0.25) is 0 Å². The minimum Gasteiger partial charge on any atom is -0.383 e. The molecule has 0 radical (unpaired) electrons. The molecule has 25 heavy (non-hydrogen) atoms. The highest BCUT2D eigenvalue weighted by Crippen LogP contribution is 2.11. The zero-order valence-electron chi connectivity index (χ0n) is 13.8. The molecule has 0 spiro atoms. The summed E-state index contributed by atoms with van der Waals surface area (Å²) in [7, 11) is 1.57. The van der Waals surface area contributed by atoms with E-state index in [-0.39, 0.29) is 11.7 Å². The Balaban J connectivity index is 1.72. The van der Waals surface area contributed by atoms with Crippen molar-refractivity contribution >= 4 is 17.4 Å². The molecule has 8 nitrogen and oxygen atoms in total. The van der Waals surface area contributed by atoms with E-state index in [1.165, 1.54) is 9.08 Å². The van der Waals surface area contributed by atoms with Crippen LogP contribution in [0.4, 0.5) is 10.5 Å². The Labute approximate surface area is 144 Å². The quantitative estimate of drug-likeness (QED) is 0.662. The second kappa shape index (κ2) is 7.63. The van der Waals surface area contributed by atoms with E-state index < -0.39 is 0 Å². The van der Waals surface area contributed by atoms with Crippen LogP contribution in [0, 0.1) is 0 Å². The molecule has 0 aliphatic rings. The molecule has 0 unspecified atom stereocenters. The standard InChI is InChI=1S/C17H19N5O3/c1-25-10-8-18-16(23)19-14-6-4-5-13(11-14)12-22-17(24)21-9-3-2-7-15(21)20-22/h2-7,9,11H,8,10,12H2,1H3,(H2,18,19,23). The smallest absolute Gasteiger partial charge is 0.350 e. The maximum Gasteiger partial charge on any atom is 0.350 e. The molecule has 3 aromatic rings. The first-order valence-corrected chi connectivity index (χ1v) is 7.84. The number of aromatic nitrogens is 3. The maximum absolute atomic E-state index is 12.3. The molecule has 3 rings (SSSR count). The van der Waals surface area contributed by atoms with E-state index in [9.17, 15) is 9.59 Å². The van der Waals surface area contributed by atoms with Crippen LogP contribution < -0.4 is 16.3 Å². The lowest BCUT2D eigenvalue weighted by molar-refractivity contribution is 0.198. The average Bonchev–Trinajstić information content (AvgIpc) is 2.92. The molecule has 0 saturated heterocycles. The number of benzene rings is 1. The third-order valence-electron chi connectivity index (χ3n) is 3.60. The summed E-state index contributed by atoms with van der Waals surface area (Å²) < 4.78 is 7.77. The highest BCUT2D eigenvalue weighted by atomic mass is 16.5. The molecule has 0 fully saturated rings. The zero-order valence-corrected chi connectivity index (χ0v) is 13.8. The minimum absolute atomic E-state index is 0.203. The first kappa shape index (κ1) is 16.7. The van der Waals surface area contributed by atoms with Gasteiger partial charge in [-0.25, -0.2) is 14.3 Å². The molecule has 2 N–H and O–H groups in total. The molecule has 0 saturated carbocycles. The number of pyridine rings is 1. The molecule has 0 aliphatic carbocycles. The number of carbonyl (C=O) groups excluding carboxylic acids is 1. The molecule has 2 heterocycles. The van der Waals surface area contributed by atoms with Gasteiger partial charge in [0.1, 0.15) is 0 Å². The topological polar surface area (TPSA) is 89.7 Å². The van der Waals surface area contributed by atoms with Gasteiger partial charge in [-0.2, -0.15) is 0 Å². The predicted molar refractivity (Wildman–Crippen MR) is 93.9 cm³/mol. The van der Waals surface area contributed by atoms with Gasteiger partial charge < -0.3 is 15.4 Å². The molecule has 0 bridgehead atoms. The van der Waals surface area contributed by atoms with E-state index >= 15 is 0 Å². The van der Waals surface area contributed by atoms with Gasteiger partial charge in [0.15, 0.2) is 5.65 Å². The third-order valence-corrected chi connectivity index (χ3v) is 3.60. The Hall–Kier alpha value is -3.13. The van der Waals surface area contributed by atoms with E-state index in [4.69, 9.17) is 4.74 Å². The van der Waals surface area contributed by atoms with Gasteiger partial charge in [0, 0.05) is 25.5 Å². The SMILES string of the molecule is COCCNC(=O)Nc1cccc(Cn2nc3ccccn3c2=O)c1. The summed E-state index contributed by atoms with van der Waals surface area (Å²) in [4.78, 5) is 24.1. The predicted octanol–water partition coefficient (Wildman–Crippen LogP) is 1.31. The Morgan fingerprint density at radius 2 is 2.12 bits per heavy atom. The molecular formula is C17H19N5O3. The lowest BCUT2D eigenvalue weighted by Crippen LogP contribution is -2.31. The van der Waals surface area contributed by atoms with Crippen LogP contribution in [-0.4, -0.2) is 40.5 Å². The Bertz CT molecular complexity index is 931. The van der Waals surface area contributed by atoms with Crippen molar-refractivity contribution in [3.05, 3.63) is 64.7 Å². The van der Waals surface area contributed by atoms with Crippen LogP contribution in [0.15, 0.2) is 53.5 Å². The van der Waals surface area contributed by atoms with Gasteiger partial charge in [-0.1, -0.05) is 18.2 Å². The number of anilines is 1. The van der Waals surface area contributed by atoms with Crippen LogP contribution in [0.5, 0.6) is 0 Å². The second-order valence-corrected chi connectivity index (χ2v) is 5.44. The van der Waals surface area contributed by atoms with Gasteiger partial charge in [0.05, 0.1) is 13.2 Å². The number of methoxy groups -OCH3 is 1. The number of amides is 2. The van der Waals surface area contributed by atoms with E-state index in [1.807, 2.05) is 24.3 Å². The summed E-state index contributed by atoms with van der Waals surface area (Å²) in [5.41, 5.74) is 1.90. The molecule has 8 heteroatoms. The zero-order chi connectivity index (χ0) is 17.6. The summed E-state index contributed by atoms with van der Waals surface area (Å²) in [6.45, 7) is 1.20. The number of ether oxygens (including phenoxy) is 1. The summed E-state index contributed by atoms with van der Waals surface area (Å²) >= 11 is 0. The molecule has 1 aromatic carbocycles. The van der Waals surface area contributed by atoms with Crippen LogP contribution in [-0.2, 0) is 11.3 Å². The van der Waals surface area contributed by atoms with Gasteiger partial charge in [0.2, 0.25) is 0 Å². The van der Waals surface area contributed by atoms with Gasteiger partial charge in [-0.3, -0.25) is 4.40 Å². The third kappa shape index (κ3) is 4.04. The van der Waals surface area contributed by atoms with Crippen molar-refractivity contribution in [2.45, 2.75) is 6.54 Å². The first-order chi connectivity index (χ1) is 12.2. The normalized spacial score (nSPS) is 10.8. The number of urea groups is 1. The van der Waals surface area contributed by atoms with Crippen molar-refractivity contribution in [3.8, 4) is 0 Å². The van der Waals surface area contributed by atoms with Crippen molar-refractivity contribution in [1.82, 2.24) is 19.5 Å². The van der Waals surface area contributed by atoms with Crippen molar-refractivity contribution < 1.29 is 9.53 Å². The summed E-state index contributed by atoms with van der Waals surface area (Å²) in [6.07, 6.45) is 1.68. The fourth-order valence-electron chi connectivity index (χ4n) is 2.43. The second-order valence-electron chi connectivity index (χ2n) is 5.44. The highest BCUT2D eigenvalue weighted by molar-refractivity contribution is 5.89. The Morgan fingerprint density at radius 1 is 1.24 bits per heavy atom. The number of hydrogen-bond acceptors (Lipinski definition) is 4. The Morgan fingerprint density at radius 3 is 2.92 bits per heavy atom. The number of fused-ring (bicyclic) bond motifs is 1. The maximum atomic E-state index is 12.3. The van der Waals surface area contributed by atoms with E-state index in [2.05, 4.69) is 15.7 Å². The van der Waals surface area contributed by atoms with Crippen LogP contribution >= 0.6 is 0 Å². The molecule has 130 valence electrons.